The molecule has 0 bridgehead atoms. The van der Waals surface area contributed by atoms with Crippen molar-refractivity contribution in [2.24, 2.45) is 16.1 Å². The van der Waals surface area contributed by atoms with Gasteiger partial charge in [-0.3, -0.25) is 4.99 Å². The van der Waals surface area contributed by atoms with Crippen LogP contribution in [0.4, 0.5) is 5.69 Å². The van der Waals surface area contributed by atoms with Gasteiger partial charge in [-0.25, -0.2) is 0 Å². The van der Waals surface area contributed by atoms with Crippen molar-refractivity contribution < 1.29 is 0 Å². The Morgan fingerprint density at radius 3 is 2.62 bits per heavy atom. The lowest BCUT2D eigenvalue weighted by Crippen LogP contribution is -2.51. The Morgan fingerprint density at radius 2 is 1.96 bits per heavy atom. The predicted octanol–water partition coefficient (Wildman–Crippen LogP) is 4.08. The van der Waals surface area contributed by atoms with Crippen molar-refractivity contribution in [2.45, 2.75) is 63.4 Å². The van der Waals surface area contributed by atoms with E-state index >= 15 is 0 Å². The Bertz CT molecular complexity index is 551. The van der Waals surface area contributed by atoms with Gasteiger partial charge in [0, 0.05) is 23.5 Å². The van der Waals surface area contributed by atoms with Crippen molar-refractivity contribution in [1.82, 2.24) is 5.32 Å². The van der Waals surface area contributed by atoms with Crippen molar-refractivity contribution in [1.29, 1.82) is 0 Å². The van der Waals surface area contributed by atoms with Crippen molar-refractivity contribution >= 4 is 23.4 Å². The second kappa shape index (κ2) is 8.77. The minimum Gasteiger partial charge on any atom is -0.352 e. The lowest BCUT2D eigenvalue weighted by atomic mass is 9.91. The summed E-state index contributed by atoms with van der Waals surface area (Å²) < 4.78 is 0. The molecule has 0 amide bonds. The third kappa shape index (κ3) is 6.02. The average Bonchev–Trinajstić information content (AvgIpc) is 2.54. The molecule has 2 rings (SSSR count). The van der Waals surface area contributed by atoms with E-state index in [4.69, 9.17) is 10.7 Å². The summed E-state index contributed by atoms with van der Waals surface area (Å²) in [6.07, 6.45) is 6.76. The van der Waals surface area contributed by atoms with E-state index in [1.54, 1.807) is 11.8 Å². The van der Waals surface area contributed by atoms with Crippen LogP contribution >= 0.6 is 11.8 Å². The summed E-state index contributed by atoms with van der Waals surface area (Å²) in [6.45, 7) is 7.38. The minimum absolute atomic E-state index is 0.155. The highest BCUT2D eigenvalue weighted by Gasteiger charge is 2.23. The lowest BCUT2D eigenvalue weighted by molar-refractivity contribution is 0.359. The van der Waals surface area contributed by atoms with E-state index in [9.17, 15) is 0 Å². The van der Waals surface area contributed by atoms with E-state index in [0.29, 0.717) is 6.04 Å². The summed E-state index contributed by atoms with van der Waals surface area (Å²) in [5, 5.41) is 7.08. The Morgan fingerprint density at radius 1 is 1.25 bits per heavy atom. The quantitative estimate of drug-likeness (QED) is 0.436. The van der Waals surface area contributed by atoms with E-state index < -0.39 is 0 Å². The van der Waals surface area contributed by atoms with E-state index in [1.807, 2.05) is 0 Å². The molecule has 1 aliphatic rings. The Kier molecular flexibility index (Phi) is 6.99. The number of rotatable bonds is 4. The van der Waals surface area contributed by atoms with Crippen molar-refractivity contribution in [3.8, 4) is 0 Å². The number of hydrogen-bond donors (Lipinski definition) is 3. The van der Waals surface area contributed by atoms with Gasteiger partial charge in [0.1, 0.15) is 0 Å². The molecule has 1 saturated carbocycles. The van der Waals surface area contributed by atoms with Crippen molar-refractivity contribution in [2.75, 3.05) is 18.1 Å². The molecule has 4 N–H and O–H groups in total. The van der Waals surface area contributed by atoms with Gasteiger partial charge in [-0.1, -0.05) is 45.7 Å². The van der Waals surface area contributed by atoms with Gasteiger partial charge in [0.05, 0.1) is 5.69 Å². The first-order chi connectivity index (χ1) is 11.4. The highest BCUT2D eigenvalue weighted by Crippen LogP contribution is 2.25. The van der Waals surface area contributed by atoms with Gasteiger partial charge in [-0.15, -0.1) is 11.8 Å². The number of para-hydroxylation sites is 1. The number of hydrogen-bond acceptors (Lipinski definition) is 3. The largest absolute Gasteiger partial charge is 0.352 e. The number of aliphatic imine (C=N–C) groups is 1. The molecule has 0 unspecified atom stereocenters. The van der Waals surface area contributed by atoms with Crippen LogP contribution in [0.25, 0.3) is 0 Å². The van der Waals surface area contributed by atoms with Crippen LogP contribution in [0.2, 0.25) is 0 Å². The molecule has 24 heavy (non-hydrogen) atoms. The lowest BCUT2D eigenvalue weighted by Gasteiger charge is -2.31. The zero-order chi connectivity index (χ0) is 17.6. The van der Waals surface area contributed by atoms with Crippen LogP contribution in [0.3, 0.4) is 0 Å². The minimum atomic E-state index is 0.155. The van der Waals surface area contributed by atoms with E-state index in [1.165, 1.54) is 17.7 Å². The summed E-state index contributed by atoms with van der Waals surface area (Å²) in [7, 11) is 0. The first kappa shape index (κ1) is 19.1. The van der Waals surface area contributed by atoms with Crippen molar-refractivity contribution in [3.05, 3.63) is 24.3 Å². The summed E-state index contributed by atoms with van der Waals surface area (Å²) in [5.74, 6) is 0.841. The van der Waals surface area contributed by atoms with Gasteiger partial charge in [0.25, 0.3) is 0 Å². The third-order valence-electron chi connectivity index (χ3n) is 4.21. The summed E-state index contributed by atoms with van der Waals surface area (Å²) in [4.78, 5) is 6.04. The Balaban J connectivity index is 2.15. The Hall–Kier alpha value is -1.20. The maximum absolute atomic E-state index is 6.31. The molecule has 4 nitrogen and oxygen atoms in total. The fraction of sp³-hybridized carbons (Fsp3) is 0.632. The monoisotopic (exact) mass is 348 g/mol. The smallest absolute Gasteiger partial charge is 0.196 e. The highest BCUT2D eigenvalue weighted by atomic mass is 32.2. The van der Waals surface area contributed by atoms with Gasteiger partial charge in [-0.05, 0) is 36.6 Å². The van der Waals surface area contributed by atoms with Crippen LogP contribution in [-0.2, 0) is 0 Å². The van der Waals surface area contributed by atoms with Crippen LogP contribution in [0.1, 0.15) is 46.5 Å². The number of nitrogens with two attached hydrogens (primary N) is 1. The molecule has 0 aliphatic heterocycles. The normalized spacial score (nSPS) is 22.3. The zero-order valence-electron chi connectivity index (χ0n) is 15.4. The molecule has 0 heterocycles. The van der Waals surface area contributed by atoms with Gasteiger partial charge in [0.15, 0.2) is 5.96 Å². The second-order valence-corrected chi connectivity index (χ2v) is 8.60. The summed E-state index contributed by atoms with van der Waals surface area (Å²) >= 11 is 1.74. The van der Waals surface area contributed by atoms with Crippen LogP contribution < -0.4 is 16.4 Å². The van der Waals surface area contributed by atoms with Crippen LogP contribution in [0.15, 0.2) is 34.2 Å². The highest BCUT2D eigenvalue weighted by molar-refractivity contribution is 7.98. The maximum atomic E-state index is 6.31. The molecule has 1 fully saturated rings. The molecule has 134 valence electrons. The third-order valence-corrected chi connectivity index (χ3v) is 5.01. The van der Waals surface area contributed by atoms with Crippen LogP contribution in [-0.4, -0.2) is 30.8 Å². The summed E-state index contributed by atoms with van der Waals surface area (Å²) in [5.41, 5.74) is 7.56. The molecule has 2 atom stereocenters. The Labute approximate surface area is 151 Å². The SMILES string of the molecule is CSc1ccccc1NC(=NCC(C)(C)C)N[C@H]1CCCC[C@@H]1N. The molecule has 1 aromatic carbocycles. The van der Waals surface area contributed by atoms with E-state index in [0.717, 1.165) is 31.0 Å². The van der Waals surface area contributed by atoms with E-state index in [-0.39, 0.29) is 11.5 Å². The summed E-state index contributed by atoms with van der Waals surface area (Å²) in [6, 6.07) is 8.84. The molecule has 5 heteroatoms. The molecule has 0 saturated heterocycles. The standard InChI is InChI=1S/C19H32N4S/c1-19(2,3)13-21-18(22-15-10-6-5-9-14(15)20)23-16-11-7-8-12-17(16)24-4/h7-8,11-12,14-15H,5-6,9-10,13,20H2,1-4H3,(H2,21,22,23)/t14-,15-/m0/s1. The van der Waals surface area contributed by atoms with E-state index in [2.05, 4.69) is 61.9 Å². The second-order valence-electron chi connectivity index (χ2n) is 7.75. The number of anilines is 1. The van der Waals surface area contributed by atoms with Gasteiger partial charge in [-0.2, -0.15) is 0 Å². The maximum Gasteiger partial charge on any atom is 0.196 e. The van der Waals surface area contributed by atoms with Gasteiger partial charge < -0.3 is 16.4 Å². The fourth-order valence-corrected chi connectivity index (χ4v) is 3.38. The van der Waals surface area contributed by atoms with Gasteiger partial charge in [0.2, 0.25) is 0 Å². The molecule has 1 aromatic rings. The molecular formula is C19H32N4S. The van der Waals surface area contributed by atoms with Crippen LogP contribution in [0.5, 0.6) is 0 Å². The molecule has 0 radical (unpaired) electrons. The number of thioether (sulfide) groups is 1. The molecule has 1 aliphatic carbocycles. The molecule has 0 spiro atoms. The predicted molar refractivity (Wildman–Crippen MR) is 107 cm³/mol. The van der Waals surface area contributed by atoms with Crippen LogP contribution in [0, 0.1) is 5.41 Å². The first-order valence-electron chi connectivity index (χ1n) is 8.85. The average molecular weight is 349 g/mol. The number of nitrogens with zero attached hydrogens (tertiary/aromatic N) is 1. The number of benzene rings is 1. The number of guanidine groups is 1. The fourth-order valence-electron chi connectivity index (χ4n) is 2.83. The zero-order valence-corrected chi connectivity index (χ0v) is 16.2. The van der Waals surface area contributed by atoms with Crippen molar-refractivity contribution in [3.63, 3.8) is 0 Å². The molecular weight excluding hydrogens is 316 g/mol. The first-order valence-corrected chi connectivity index (χ1v) is 10.1. The van der Waals surface area contributed by atoms with Gasteiger partial charge >= 0.3 is 0 Å². The number of nitrogens with one attached hydrogen (secondary N) is 2. The molecule has 0 aromatic heterocycles. The topological polar surface area (TPSA) is 62.4 Å².